The van der Waals surface area contributed by atoms with Crippen LogP contribution in [0.2, 0.25) is 0 Å². The molecular formula is C17H23N3OS. The Kier molecular flexibility index (Phi) is 6.52. The third-order valence-electron chi connectivity index (χ3n) is 3.62. The third-order valence-corrected chi connectivity index (χ3v) is 4.52. The lowest BCUT2D eigenvalue weighted by atomic mass is 9.96. The van der Waals surface area contributed by atoms with Crippen LogP contribution in [-0.4, -0.2) is 16.1 Å². The second-order valence-electron chi connectivity index (χ2n) is 5.32. The number of aromatic nitrogens is 2. The fraction of sp³-hybridized carbons (Fsp3) is 0.471. The Labute approximate surface area is 136 Å². The van der Waals surface area contributed by atoms with Gasteiger partial charge >= 0.3 is 0 Å². The van der Waals surface area contributed by atoms with Crippen molar-refractivity contribution in [2.24, 2.45) is 0 Å². The van der Waals surface area contributed by atoms with Gasteiger partial charge in [0.15, 0.2) is 0 Å². The van der Waals surface area contributed by atoms with Crippen molar-refractivity contribution in [1.82, 2.24) is 10.2 Å². The first-order valence-corrected chi connectivity index (χ1v) is 8.74. The first-order chi connectivity index (χ1) is 10.7. The first kappa shape index (κ1) is 16.6. The van der Waals surface area contributed by atoms with E-state index in [2.05, 4.69) is 22.4 Å². The molecule has 1 unspecified atom stereocenters. The third kappa shape index (κ3) is 4.63. The first-order valence-electron chi connectivity index (χ1n) is 7.92. The maximum Gasteiger partial charge on any atom is 0.233 e. The Hall–Kier alpha value is -1.75. The molecule has 1 aromatic carbocycles. The fourth-order valence-electron chi connectivity index (χ4n) is 2.38. The van der Waals surface area contributed by atoms with Crippen molar-refractivity contribution in [2.75, 3.05) is 5.32 Å². The molecule has 0 spiro atoms. The topological polar surface area (TPSA) is 54.9 Å². The molecule has 1 N–H and O–H groups in total. The van der Waals surface area contributed by atoms with Crippen LogP contribution >= 0.6 is 11.3 Å². The SMILES string of the molecule is CCCCCc1nnc(NC(=O)C(CC)c2ccccc2)s1. The molecule has 0 aliphatic carbocycles. The molecule has 1 atom stereocenters. The van der Waals surface area contributed by atoms with E-state index in [1.807, 2.05) is 37.3 Å². The number of nitrogens with zero attached hydrogens (tertiary/aromatic N) is 2. The zero-order valence-corrected chi connectivity index (χ0v) is 14.0. The van der Waals surface area contributed by atoms with E-state index in [-0.39, 0.29) is 11.8 Å². The zero-order chi connectivity index (χ0) is 15.8. The predicted molar refractivity (Wildman–Crippen MR) is 91.2 cm³/mol. The van der Waals surface area contributed by atoms with Crippen LogP contribution in [-0.2, 0) is 11.2 Å². The lowest BCUT2D eigenvalue weighted by molar-refractivity contribution is -0.117. The average Bonchev–Trinajstić information content (AvgIpc) is 2.97. The summed E-state index contributed by atoms with van der Waals surface area (Å²) in [5.74, 6) is -0.154. The number of aryl methyl sites for hydroxylation is 1. The van der Waals surface area contributed by atoms with Gasteiger partial charge in [0.2, 0.25) is 11.0 Å². The summed E-state index contributed by atoms with van der Waals surface area (Å²) in [7, 11) is 0. The minimum atomic E-state index is -0.145. The van der Waals surface area contributed by atoms with Gasteiger partial charge < -0.3 is 0 Å². The van der Waals surface area contributed by atoms with E-state index in [0.717, 1.165) is 29.8 Å². The summed E-state index contributed by atoms with van der Waals surface area (Å²) in [5, 5.41) is 12.7. The van der Waals surface area contributed by atoms with Gasteiger partial charge in [0.1, 0.15) is 5.01 Å². The summed E-state index contributed by atoms with van der Waals surface area (Å²) in [6.07, 6.45) is 5.22. The largest absolute Gasteiger partial charge is 0.300 e. The number of hydrogen-bond donors (Lipinski definition) is 1. The molecule has 5 heteroatoms. The monoisotopic (exact) mass is 317 g/mol. The van der Waals surface area contributed by atoms with Crippen molar-refractivity contribution < 1.29 is 4.79 Å². The lowest BCUT2D eigenvalue weighted by Gasteiger charge is -2.13. The van der Waals surface area contributed by atoms with Gasteiger partial charge in [-0.2, -0.15) is 0 Å². The van der Waals surface area contributed by atoms with Gasteiger partial charge in [-0.25, -0.2) is 0 Å². The Bertz CT molecular complexity index is 583. The summed E-state index contributed by atoms with van der Waals surface area (Å²) in [5.41, 5.74) is 1.04. The Morgan fingerprint density at radius 3 is 2.64 bits per heavy atom. The van der Waals surface area contributed by atoms with Crippen molar-refractivity contribution in [3.63, 3.8) is 0 Å². The van der Waals surface area contributed by atoms with Crippen LogP contribution in [0.5, 0.6) is 0 Å². The zero-order valence-electron chi connectivity index (χ0n) is 13.2. The van der Waals surface area contributed by atoms with Crippen LogP contribution < -0.4 is 5.32 Å². The van der Waals surface area contributed by atoms with Crippen LogP contribution in [0.15, 0.2) is 30.3 Å². The number of carbonyl (C=O) groups excluding carboxylic acids is 1. The molecule has 1 heterocycles. The second kappa shape index (κ2) is 8.63. The molecular weight excluding hydrogens is 294 g/mol. The molecule has 2 aromatic rings. The van der Waals surface area contributed by atoms with Crippen LogP contribution in [0.25, 0.3) is 0 Å². The number of unbranched alkanes of at least 4 members (excludes halogenated alkanes) is 2. The van der Waals surface area contributed by atoms with E-state index in [4.69, 9.17) is 0 Å². The van der Waals surface area contributed by atoms with E-state index < -0.39 is 0 Å². The smallest absolute Gasteiger partial charge is 0.233 e. The highest BCUT2D eigenvalue weighted by Gasteiger charge is 2.19. The van der Waals surface area contributed by atoms with Crippen LogP contribution in [0.4, 0.5) is 5.13 Å². The summed E-state index contributed by atoms with van der Waals surface area (Å²) in [4.78, 5) is 12.4. The summed E-state index contributed by atoms with van der Waals surface area (Å²) in [6, 6.07) is 9.86. The summed E-state index contributed by atoms with van der Waals surface area (Å²) >= 11 is 1.48. The van der Waals surface area contributed by atoms with Gasteiger partial charge in [0.25, 0.3) is 0 Å². The number of carbonyl (C=O) groups is 1. The highest BCUT2D eigenvalue weighted by atomic mass is 32.1. The molecule has 0 aliphatic heterocycles. The number of benzene rings is 1. The fourth-order valence-corrected chi connectivity index (χ4v) is 3.17. The molecule has 0 radical (unpaired) electrons. The van der Waals surface area contributed by atoms with Crippen LogP contribution in [0.1, 0.15) is 56.0 Å². The molecule has 1 aromatic heterocycles. The highest BCUT2D eigenvalue weighted by Crippen LogP contribution is 2.23. The maximum absolute atomic E-state index is 12.4. The second-order valence-corrected chi connectivity index (χ2v) is 6.38. The molecule has 118 valence electrons. The summed E-state index contributed by atoms with van der Waals surface area (Å²) < 4.78 is 0. The molecule has 4 nitrogen and oxygen atoms in total. The van der Waals surface area contributed by atoms with E-state index in [9.17, 15) is 4.79 Å². The van der Waals surface area contributed by atoms with E-state index in [0.29, 0.717) is 5.13 Å². The highest BCUT2D eigenvalue weighted by molar-refractivity contribution is 7.15. The van der Waals surface area contributed by atoms with Gasteiger partial charge in [0.05, 0.1) is 5.92 Å². The Balaban J connectivity index is 1.96. The predicted octanol–water partition coefficient (Wildman–Crippen LogP) is 4.40. The molecule has 0 saturated heterocycles. The van der Waals surface area contributed by atoms with Gasteiger partial charge in [-0.1, -0.05) is 68.4 Å². The quantitative estimate of drug-likeness (QED) is 0.734. The van der Waals surface area contributed by atoms with Gasteiger partial charge in [0, 0.05) is 6.42 Å². The van der Waals surface area contributed by atoms with Crippen LogP contribution in [0, 0.1) is 0 Å². The van der Waals surface area contributed by atoms with Crippen molar-refractivity contribution in [2.45, 2.75) is 51.9 Å². The van der Waals surface area contributed by atoms with E-state index in [1.165, 1.54) is 24.2 Å². The van der Waals surface area contributed by atoms with Crippen molar-refractivity contribution in [1.29, 1.82) is 0 Å². The number of rotatable bonds is 8. The normalized spacial score (nSPS) is 12.1. The lowest BCUT2D eigenvalue weighted by Crippen LogP contribution is -2.20. The van der Waals surface area contributed by atoms with Gasteiger partial charge in [-0.05, 0) is 18.4 Å². The number of nitrogens with one attached hydrogen (secondary N) is 1. The van der Waals surface area contributed by atoms with Gasteiger partial charge in [-0.15, -0.1) is 10.2 Å². The van der Waals surface area contributed by atoms with Crippen molar-refractivity contribution in [3.05, 3.63) is 40.9 Å². The molecule has 0 saturated carbocycles. The number of hydrogen-bond acceptors (Lipinski definition) is 4. The minimum Gasteiger partial charge on any atom is -0.300 e. The average molecular weight is 317 g/mol. The molecule has 0 fully saturated rings. The number of anilines is 1. The van der Waals surface area contributed by atoms with Crippen molar-refractivity contribution in [3.8, 4) is 0 Å². The molecule has 1 amide bonds. The molecule has 0 aliphatic rings. The number of amides is 1. The standard InChI is InChI=1S/C17H23N3OS/c1-3-5-7-12-15-19-20-17(22-15)18-16(21)14(4-2)13-10-8-6-9-11-13/h6,8-11,14H,3-5,7,12H2,1-2H3,(H,18,20,21). The summed E-state index contributed by atoms with van der Waals surface area (Å²) in [6.45, 7) is 4.20. The van der Waals surface area contributed by atoms with Crippen molar-refractivity contribution >= 4 is 22.4 Å². The molecule has 22 heavy (non-hydrogen) atoms. The van der Waals surface area contributed by atoms with Crippen LogP contribution in [0.3, 0.4) is 0 Å². The Morgan fingerprint density at radius 1 is 1.18 bits per heavy atom. The Morgan fingerprint density at radius 2 is 1.95 bits per heavy atom. The minimum absolute atomic E-state index is 0.00930. The van der Waals surface area contributed by atoms with E-state index >= 15 is 0 Å². The van der Waals surface area contributed by atoms with E-state index in [1.54, 1.807) is 0 Å². The maximum atomic E-state index is 12.4. The molecule has 2 rings (SSSR count). The van der Waals surface area contributed by atoms with Gasteiger partial charge in [-0.3, -0.25) is 10.1 Å². The molecule has 0 bridgehead atoms.